The van der Waals surface area contributed by atoms with Crippen molar-refractivity contribution < 1.29 is 13.2 Å². The number of pyridine rings is 1. The van der Waals surface area contributed by atoms with Crippen LogP contribution >= 0.6 is 0 Å². The van der Waals surface area contributed by atoms with Gasteiger partial charge in [-0.05, 0) is 42.5 Å². The lowest BCUT2D eigenvalue weighted by Crippen LogP contribution is -2.13. The van der Waals surface area contributed by atoms with E-state index in [1.165, 1.54) is 18.3 Å². The van der Waals surface area contributed by atoms with E-state index >= 15 is 0 Å². The Morgan fingerprint density at radius 1 is 0.929 bits per heavy atom. The van der Waals surface area contributed by atoms with E-state index in [2.05, 4.69) is 20.3 Å². The van der Waals surface area contributed by atoms with Gasteiger partial charge >= 0.3 is 0 Å². The number of fused-ring (bicyclic) bond motifs is 1. The molecule has 0 saturated heterocycles. The highest BCUT2D eigenvalue weighted by molar-refractivity contribution is 7.92. The molecule has 0 bridgehead atoms. The van der Waals surface area contributed by atoms with Crippen molar-refractivity contribution in [1.29, 1.82) is 0 Å². The van der Waals surface area contributed by atoms with Gasteiger partial charge in [-0.25, -0.2) is 13.4 Å². The average molecular weight is 392 g/mol. The van der Waals surface area contributed by atoms with Crippen molar-refractivity contribution in [2.75, 3.05) is 15.4 Å². The number of para-hydroxylation sites is 1. The third-order valence-corrected chi connectivity index (χ3v) is 5.53. The van der Waals surface area contributed by atoms with Crippen LogP contribution < -0.4 is 15.4 Å². The fraction of sp³-hybridized carbons (Fsp3) is 0. The molecule has 1 aliphatic rings. The Bertz CT molecular complexity index is 1160. The SMILES string of the molecule is O=C1Nc2ccccc2/C1=C/Nc1ccc(S(=O)(=O)Nc2ccccn2)cc1. The van der Waals surface area contributed by atoms with Crippen molar-refractivity contribution in [3.63, 3.8) is 0 Å². The molecule has 1 aromatic heterocycles. The number of nitrogens with zero attached hydrogens (tertiary/aromatic N) is 1. The zero-order valence-electron chi connectivity index (χ0n) is 14.6. The quantitative estimate of drug-likeness (QED) is 0.579. The van der Waals surface area contributed by atoms with Gasteiger partial charge in [0.1, 0.15) is 5.82 Å². The van der Waals surface area contributed by atoms with Crippen molar-refractivity contribution >= 4 is 38.7 Å². The number of nitrogens with one attached hydrogen (secondary N) is 3. The molecule has 0 fully saturated rings. The number of benzene rings is 2. The summed E-state index contributed by atoms with van der Waals surface area (Å²) in [6.45, 7) is 0. The first-order valence-corrected chi connectivity index (χ1v) is 9.93. The summed E-state index contributed by atoms with van der Waals surface area (Å²) < 4.78 is 27.3. The third kappa shape index (κ3) is 3.58. The lowest BCUT2D eigenvalue weighted by molar-refractivity contribution is -0.110. The second kappa shape index (κ2) is 7.16. The molecule has 7 nitrogen and oxygen atoms in total. The predicted molar refractivity (Wildman–Crippen MR) is 108 cm³/mol. The molecule has 2 heterocycles. The largest absolute Gasteiger partial charge is 0.361 e. The van der Waals surface area contributed by atoms with Crippen molar-refractivity contribution in [1.82, 2.24) is 4.98 Å². The summed E-state index contributed by atoms with van der Waals surface area (Å²) in [6, 6.07) is 18.6. The molecule has 0 atom stereocenters. The van der Waals surface area contributed by atoms with Crippen molar-refractivity contribution in [2.45, 2.75) is 4.90 Å². The normalized spacial score (nSPS) is 14.4. The minimum Gasteiger partial charge on any atom is -0.361 e. The van der Waals surface area contributed by atoms with Crippen LogP contribution in [0.25, 0.3) is 5.57 Å². The predicted octanol–water partition coefficient (Wildman–Crippen LogP) is 3.29. The zero-order valence-corrected chi connectivity index (χ0v) is 15.4. The number of hydrogen-bond donors (Lipinski definition) is 3. The minimum absolute atomic E-state index is 0.111. The Morgan fingerprint density at radius 2 is 1.68 bits per heavy atom. The Hall–Kier alpha value is -3.65. The molecule has 0 spiro atoms. The van der Waals surface area contributed by atoms with Gasteiger partial charge in [-0.2, -0.15) is 0 Å². The number of anilines is 3. The second-order valence-corrected chi connectivity index (χ2v) is 7.73. The van der Waals surface area contributed by atoms with Crippen LogP contribution in [0.5, 0.6) is 0 Å². The lowest BCUT2D eigenvalue weighted by atomic mass is 10.1. The molecule has 2 aromatic carbocycles. The standard InChI is InChI=1S/C20H16N4O3S/c25-20-17(16-5-1-2-6-18(16)23-20)13-22-14-8-10-15(11-9-14)28(26,27)24-19-7-3-4-12-21-19/h1-13,22H,(H,21,24)(H,23,25)/b17-13-. The maximum atomic E-state index is 12.4. The summed E-state index contributed by atoms with van der Waals surface area (Å²) in [7, 11) is -3.73. The van der Waals surface area contributed by atoms with Gasteiger partial charge in [0, 0.05) is 29.3 Å². The highest BCUT2D eigenvalue weighted by Crippen LogP contribution is 2.31. The number of carbonyl (C=O) groups excluding carboxylic acids is 1. The van der Waals surface area contributed by atoms with Crippen LogP contribution in [-0.2, 0) is 14.8 Å². The van der Waals surface area contributed by atoms with E-state index in [4.69, 9.17) is 0 Å². The molecule has 1 amide bonds. The first-order chi connectivity index (χ1) is 13.5. The summed E-state index contributed by atoms with van der Waals surface area (Å²) >= 11 is 0. The number of hydrogen-bond acceptors (Lipinski definition) is 5. The summed E-state index contributed by atoms with van der Waals surface area (Å²) in [5, 5.41) is 5.83. The molecular formula is C20H16N4O3S. The van der Waals surface area contributed by atoms with E-state index in [0.717, 1.165) is 11.3 Å². The Kier molecular flexibility index (Phi) is 4.54. The van der Waals surface area contributed by atoms with Crippen molar-refractivity contribution in [2.24, 2.45) is 0 Å². The van der Waals surface area contributed by atoms with Crippen LogP contribution in [0, 0.1) is 0 Å². The minimum atomic E-state index is -3.73. The van der Waals surface area contributed by atoms with E-state index in [-0.39, 0.29) is 16.6 Å². The summed E-state index contributed by atoms with van der Waals surface area (Å²) in [5.41, 5.74) is 2.76. The van der Waals surface area contributed by atoms with Crippen LogP contribution in [-0.4, -0.2) is 19.3 Å². The van der Waals surface area contributed by atoms with E-state index < -0.39 is 10.0 Å². The second-order valence-electron chi connectivity index (χ2n) is 6.05. The van der Waals surface area contributed by atoms with Gasteiger partial charge in [0.2, 0.25) is 0 Å². The fourth-order valence-electron chi connectivity index (χ4n) is 2.79. The van der Waals surface area contributed by atoms with Crippen LogP contribution in [0.1, 0.15) is 5.56 Å². The van der Waals surface area contributed by atoms with Crippen LogP contribution in [0.3, 0.4) is 0 Å². The molecule has 3 aromatic rings. The van der Waals surface area contributed by atoms with Gasteiger partial charge in [-0.3, -0.25) is 9.52 Å². The first kappa shape index (κ1) is 17.7. The smallest absolute Gasteiger partial charge is 0.263 e. The first-order valence-electron chi connectivity index (χ1n) is 8.44. The summed E-state index contributed by atoms with van der Waals surface area (Å²) in [6.07, 6.45) is 3.12. The van der Waals surface area contributed by atoms with Crippen LogP contribution in [0.4, 0.5) is 17.2 Å². The molecule has 3 N–H and O–H groups in total. The number of sulfonamides is 1. The van der Waals surface area contributed by atoms with E-state index in [0.29, 0.717) is 11.3 Å². The monoisotopic (exact) mass is 392 g/mol. The molecule has 140 valence electrons. The van der Waals surface area contributed by atoms with E-state index in [1.807, 2.05) is 24.3 Å². The molecule has 0 aliphatic carbocycles. The molecule has 0 unspecified atom stereocenters. The van der Waals surface area contributed by atoms with E-state index in [1.54, 1.807) is 36.5 Å². The highest BCUT2D eigenvalue weighted by atomic mass is 32.2. The highest BCUT2D eigenvalue weighted by Gasteiger charge is 2.23. The van der Waals surface area contributed by atoms with Crippen molar-refractivity contribution in [3.8, 4) is 0 Å². The van der Waals surface area contributed by atoms with Gasteiger partial charge in [0.05, 0.1) is 10.5 Å². The number of amides is 1. The van der Waals surface area contributed by atoms with Crippen LogP contribution in [0.2, 0.25) is 0 Å². The number of aromatic nitrogens is 1. The van der Waals surface area contributed by atoms with Gasteiger partial charge < -0.3 is 10.6 Å². The average Bonchev–Trinajstić information content (AvgIpc) is 3.02. The van der Waals surface area contributed by atoms with Crippen LogP contribution in [0.15, 0.2) is 84.0 Å². The zero-order chi connectivity index (χ0) is 19.6. The molecule has 0 radical (unpaired) electrons. The molecule has 28 heavy (non-hydrogen) atoms. The Balaban J connectivity index is 1.50. The summed E-state index contributed by atoms with van der Waals surface area (Å²) in [5.74, 6) is 0.0628. The lowest BCUT2D eigenvalue weighted by Gasteiger charge is -2.08. The van der Waals surface area contributed by atoms with E-state index in [9.17, 15) is 13.2 Å². The Labute approximate surface area is 162 Å². The maximum absolute atomic E-state index is 12.4. The molecule has 8 heteroatoms. The number of rotatable bonds is 5. The Morgan fingerprint density at radius 3 is 2.43 bits per heavy atom. The van der Waals surface area contributed by atoms with Crippen molar-refractivity contribution in [3.05, 3.63) is 84.7 Å². The molecular weight excluding hydrogens is 376 g/mol. The van der Waals surface area contributed by atoms with Gasteiger partial charge in [0.15, 0.2) is 0 Å². The van der Waals surface area contributed by atoms with Gasteiger partial charge in [-0.1, -0.05) is 24.3 Å². The third-order valence-electron chi connectivity index (χ3n) is 4.16. The molecule has 4 rings (SSSR count). The van der Waals surface area contributed by atoms with Gasteiger partial charge in [0.25, 0.3) is 15.9 Å². The topological polar surface area (TPSA) is 100 Å². The summed E-state index contributed by atoms with van der Waals surface area (Å²) in [4.78, 5) is 16.2. The van der Waals surface area contributed by atoms with Gasteiger partial charge in [-0.15, -0.1) is 0 Å². The number of carbonyl (C=O) groups is 1. The molecule has 1 aliphatic heterocycles. The molecule has 0 saturated carbocycles. The fourth-order valence-corrected chi connectivity index (χ4v) is 3.80. The maximum Gasteiger partial charge on any atom is 0.263 e.